The van der Waals surface area contributed by atoms with Crippen molar-refractivity contribution in [2.75, 3.05) is 26.3 Å². The second-order valence-corrected chi connectivity index (χ2v) is 8.77. The number of benzene rings is 1. The van der Waals surface area contributed by atoms with Gasteiger partial charge in [0, 0.05) is 24.5 Å². The smallest absolute Gasteiger partial charge is 0.236 e. The number of hydrogen-bond donors (Lipinski definition) is 2. The molecule has 3 aromatic rings. The first-order valence-electron chi connectivity index (χ1n) is 10.7. The van der Waals surface area contributed by atoms with Crippen LogP contribution >= 0.6 is 11.8 Å². The summed E-state index contributed by atoms with van der Waals surface area (Å²) in [6.45, 7) is 8.39. The van der Waals surface area contributed by atoms with Crippen molar-refractivity contribution in [1.29, 1.82) is 5.41 Å². The number of rotatable bonds is 6. The van der Waals surface area contributed by atoms with Crippen LogP contribution in [0.25, 0.3) is 16.7 Å². The van der Waals surface area contributed by atoms with Crippen LogP contribution in [0.15, 0.2) is 29.4 Å². The summed E-state index contributed by atoms with van der Waals surface area (Å²) in [7, 11) is 0. The number of carbonyl (C=O) groups excluding carboxylic acids is 1. The number of morpholine rings is 1. The molecule has 3 heterocycles. The van der Waals surface area contributed by atoms with E-state index in [0.29, 0.717) is 54.4 Å². The molecule has 1 fully saturated rings. The van der Waals surface area contributed by atoms with E-state index in [-0.39, 0.29) is 11.2 Å². The van der Waals surface area contributed by atoms with Gasteiger partial charge < -0.3 is 9.64 Å². The number of H-pyrrole nitrogens is 1. The van der Waals surface area contributed by atoms with E-state index in [0.717, 1.165) is 17.8 Å². The Morgan fingerprint density at radius 3 is 2.61 bits per heavy atom. The zero-order valence-corrected chi connectivity index (χ0v) is 19.0. The van der Waals surface area contributed by atoms with Crippen molar-refractivity contribution in [3.05, 3.63) is 41.0 Å². The fraction of sp³-hybridized carbons (Fsp3) is 0.455. The molecule has 1 atom stereocenters. The molecule has 0 spiro atoms. The summed E-state index contributed by atoms with van der Waals surface area (Å²) in [6, 6.07) is 8.15. The van der Waals surface area contributed by atoms with Gasteiger partial charge in [-0.1, -0.05) is 37.7 Å². The first-order chi connectivity index (χ1) is 15.0. The number of aryl methyl sites for hydroxylation is 2. The number of thioether (sulfide) groups is 1. The van der Waals surface area contributed by atoms with Gasteiger partial charge in [0.05, 0.1) is 23.8 Å². The number of nitrogens with one attached hydrogen (secondary N) is 2. The normalized spacial score (nSPS) is 15.4. The first kappa shape index (κ1) is 21.6. The molecule has 1 aromatic carbocycles. The van der Waals surface area contributed by atoms with Crippen molar-refractivity contribution in [3.8, 4) is 5.69 Å². The number of carbonyl (C=O) groups is 1. The fourth-order valence-corrected chi connectivity index (χ4v) is 4.86. The zero-order valence-electron chi connectivity index (χ0n) is 18.1. The summed E-state index contributed by atoms with van der Waals surface area (Å²) >= 11 is 1.41. The molecule has 0 saturated carbocycles. The van der Waals surface area contributed by atoms with Crippen LogP contribution in [0.3, 0.4) is 0 Å². The second kappa shape index (κ2) is 9.23. The summed E-state index contributed by atoms with van der Waals surface area (Å²) in [4.78, 5) is 19.8. The minimum Gasteiger partial charge on any atom is -0.378 e. The molecule has 2 N–H and O–H groups in total. The van der Waals surface area contributed by atoms with Crippen LogP contribution in [0, 0.1) is 12.3 Å². The van der Waals surface area contributed by atoms with E-state index in [1.807, 2.05) is 35.4 Å². The average molecular weight is 441 g/mol. The van der Waals surface area contributed by atoms with E-state index < -0.39 is 0 Å². The average Bonchev–Trinajstić information content (AvgIpc) is 3.18. The van der Waals surface area contributed by atoms with Crippen LogP contribution in [-0.4, -0.2) is 62.1 Å². The van der Waals surface area contributed by atoms with Crippen LogP contribution in [0.5, 0.6) is 0 Å². The maximum absolute atomic E-state index is 13.2. The van der Waals surface area contributed by atoms with Gasteiger partial charge >= 0.3 is 0 Å². The zero-order chi connectivity index (χ0) is 22.0. The van der Waals surface area contributed by atoms with Gasteiger partial charge in [-0.15, -0.1) is 0 Å². The van der Waals surface area contributed by atoms with Crippen LogP contribution in [0.4, 0.5) is 0 Å². The number of hydrogen-bond acceptors (Lipinski definition) is 6. The maximum atomic E-state index is 13.2. The largest absolute Gasteiger partial charge is 0.378 e. The number of aromatic nitrogens is 4. The Balaban J connectivity index is 1.78. The highest BCUT2D eigenvalue weighted by atomic mass is 32.2. The molecular formula is C22H28N6O2S. The maximum Gasteiger partial charge on any atom is 0.236 e. The molecule has 1 saturated heterocycles. The van der Waals surface area contributed by atoms with Gasteiger partial charge in [0.15, 0.2) is 10.8 Å². The lowest BCUT2D eigenvalue weighted by Gasteiger charge is -2.30. The monoisotopic (exact) mass is 440 g/mol. The van der Waals surface area contributed by atoms with Gasteiger partial charge in [0.2, 0.25) is 5.91 Å². The lowest BCUT2D eigenvalue weighted by atomic mass is 10.1. The third-order valence-corrected chi connectivity index (χ3v) is 6.90. The molecule has 0 aliphatic carbocycles. The Bertz CT molecular complexity index is 1130. The SMILES string of the molecule is CCc1ccc(-n2c(SC(CC)C(=O)N3CCOCC3)nc3n[nH]c(C)c3c2=N)cc1. The molecule has 2 aromatic heterocycles. The highest BCUT2D eigenvalue weighted by Gasteiger charge is 2.27. The summed E-state index contributed by atoms with van der Waals surface area (Å²) in [5.41, 5.74) is 3.71. The molecule has 9 heteroatoms. The van der Waals surface area contributed by atoms with E-state index in [1.165, 1.54) is 17.3 Å². The van der Waals surface area contributed by atoms with E-state index >= 15 is 0 Å². The highest BCUT2D eigenvalue weighted by Crippen LogP contribution is 2.28. The van der Waals surface area contributed by atoms with Crippen molar-refractivity contribution in [3.63, 3.8) is 0 Å². The molecule has 164 valence electrons. The summed E-state index contributed by atoms with van der Waals surface area (Å²) in [5, 5.41) is 17.1. The second-order valence-electron chi connectivity index (χ2n) is 7.60. The molecule has 0 radical (unpaired) electrons. The molecular weight excluding hydrogens is 412 g/mol. The molecule has 1 unspecified atom stereocenters. The summed E-state index contributed by atoms with van der Waals surface area (Å²) < 4.78 is 7.21. The molecule has 1 aliphatic heterocycles. The van der Waals surface area contributed by atoms with E-state index in [1.54, 1.807) is 0 Å². The van der Waals surface area contributed by atoms with Crippen molar-refractivity contribution < 1.29 is 9.53 Å². The van der Waals surface area contributed by atoms with Gasteiger partial charge in [-0.25, -0.2) is 4.98 Å². The van der Waals surface area contributed by atoms with Gasteiger partial charge in [0.25, 0.3) is 0 Å². The number of amides is 1. The van der Waals surface area contributed by atoms with E-state index in [2.05, 4.69) is 29.3 Å². The topological polar surface area (TPSA) is 99.9 Å². The number of aromatic amines is 1. The molecule has 4 rings (SSSR count). The first-order valence-corrected chi connectivity index (χ1v) is 11.6. The molecule has 8 nitrogen and oxygen atoms in total. The van der Waals surface area contributed by atoms with Crippen LogP contribution in [-0.2, 0) is 16.0 Å². The standard InChI is InChI=1S/C22H28N6O2S/c1-4-15-6-8-16(9-7-15)28-19(23)18-14(3)25-26-20(18)24-22(28)31-17(5-2)21(29)27-10-12-30-13-11-27/h6-9,17,23H,4-5,10-13H2,1-3H3,(H,25,26). The van der Waals surface area contributed by atoms with Gasteiger partial charge in [-0.3, -0.25) is 19.9 Å². The van der Waals surface area contributed by atoms with Gasteiger partial charge in [0.1, 0.15) is 5.49 Å². The van der Waals surface area contributed by atoms with Crippen molar-refractivity contribution >= 4 is 28.7 Å². The Hall–Kier alpha value is -2.65. The quantitative estimate of drug-likeness (QED) is 0.454. The fourth-order valence-electron chi connectivity index (χ4n) is 3.75. The minimum atomic E-state index is -0.288. The third-order valence-electron chi connectivity index (χ3n) is 5.60. The van der Waals surface area contributed by atoms with Gasteiger partial charge in [-0.2, -0.15) is 5.10 Å². The minimum absolute atomic E-state index is 0.0929. The predicted molar refractivity (Wildman–Crippen MR) is 121 cm³/mol. The van der Waals surface area contributed by atoms with Gasteiger partial charge in [-0.05, 0) is 37.5 Å². The number of fused-ring (bicyclic) bond motifs is 1. The van der Waals surface area contributed by atoms with Crippen LogP contribution in [0.1, 0.15) is 31.5 Å². The van der Waals surface area contributed by atoms with Crippen molar-refractivity contribution in [2.24, 2.45) is 0 Å². The lowest BCUT2D eigenvalue weighted by Crippen LogP contribution is -2.44. The van der Waals surface area contributed by atoms with Crippen molar-refractivity contribution in [2.45, 2.75) is 44.0 Å². The van der Waals surface area contributed by atoms with Crippen LogP contribution in [0.2, 0.25) is 0 Å². The molecule has 1 aliphatic rings. The van der Waals surface area contributed by atoms with E-state index in [4.69, 9.17) is 15.1 Å². The molecule has 1 amide bonds. The number of ether oxygens (including phenoxy) is 1. The third kappa shape index (κ3) is 4.24. The number of nitrogens with zero attached hydrogens (tertiary/aromatic N) is 4. The summed E-state index contributed by atoms with van der Waals surface area (Å²) in [6.07, 6.45) is 1.62. The predicted octanol–water partition coefficient (Wildman–Crippen LogP) is 2.83. The Kier molecular flexibility index (Phi) is 6.43. The van der Waals surface area contributed by atoms with Crippen LogP contribution < -0.4 is 5.49 Å². The van der Waals surface area contributed by atoms with E-state index in [9.17, 15) is 4.79 Å². The summed E-state index contributed by atoms with van der Waals surface area (Å²) in [5.74, 6) is 0.0929. The van der Waals surface area contributed by atoms with Crippen molar-refractivity contribution in [1.82, 2.24) is 24.6 Å². The molecule has 31 heavy (non-hydrogen) atoms. The molecule has 0 bridgehead atoms. The lowest BCUT2D eigenvalue weighted by molar-refractivity contribution is -0.134. The Morgan fingerprint density at radius 2 is 1.97 bits per heavy atom. The Morgan fingerprint density at radius 1 is 1.26 bits per heavy atom. The highest BCUT2D eigenvalue weighted by molar-refractivity contribution is 8.00. The Labute approximate surface area is 185 Å².